The number of aryl methyl sites for hydroxylation is 2. The maximum absolute atomic E-state index is 12.9. The average molecular weight is 337 g/mol. The first kappa shape index (κ1) is 15.9. The van der Waals surface area contributed by atoms with Gasteiger partial charge in [-0.2, -0.15) is 0 Å². The summed E-state index contributed by atoms with van der Waals surface area (Å²) in [7, 11) is 0. The van der Waals surface area contributed by atoms with Crippen molar-refractivity contribution in [2.45, 2.75) is 25.7 Å². The Morgan fingerprint density at radius 1 is 0.800 bits per heavy atom. The predicted octanol–water partition coefficient (Wildman–Crippen LogP) is 2.49. The van der Waals surface area contributed by atoms with Crippen molar-refractivity contribution in [3.8, 4) is 0 Å². The number of H-pyrrole nitrogens is 1. The van der Waals surface area contributed by atoms with Crippen molar-refractivity contribution in [1.29, 1.82) is 0 Å². The Kier molecular flexibility index (Phi) is 4.30. The number of nitrogens with one attached hydrogen (secondary N) is 1. The van der Waals surface area contributed by atoms with Gasteiger partial charge in [0.25, 0.3) is 11.8 Å². The number of carbonyl (C=O) groups is 2. The van der Waals surface area contributed by atoms with Gasteiger partial charge in [-0.1, -0.05) is 6.07 Å². The Labute approximate surface area is 147 Å². The van der Waals surface area contributed by atoms with Crippen molar-refractivity contribution < 1.29 is 9.59 Å². The van der Waals surface area contributed by atoms with Crippen LogP contribution in [0.15, 0.2) is 36.7 Å². The Balaban J connectivity index is 1.44. The number of benzene rings is 1. The van der Waals surface area contributed by atoms with Crippen molar-refractivity contribution in [3.05, 3.63) is 58.9 Å². The van der Waals surface area contributed by atoms with E-state index in [4.69, 9.17) is 0 Å². The van der Waals surface area contributed by atoms with E-state index in [9.17, 15) is 9.59 Å². The molecule has 1 aromatic carbocycles. The molecule has 0 saturated carbocycles. The van der Waals surface area contributed by atoms with Gasteiger partial charge in [-0.25, -0.2) is 0 Å². The van der Waals surface area contributed by atoms with Crippen LogP contribution in [-0.4, -0.2) is 52.8 Å². The SMILES string of the molecule is O=C(c1cc[nH]c1)N1CCCN(C(=O)c2ccc3c(c2)CCC3)CC1. The van der Waals surface area contributed by atoms with Crippen LogP contribution in [-0.2, 0) is 12.8 Å². The molecule has 1 aliphatic carbocycles. The molecule has 0 bridgehead atoms. The zero-order valence-corrected chi connectivity index (χ0v) is 14.3. The molecule has 130 valence electrons. The Morgan fingerprint density at radius 2 is 1.52 bits per heavy atom. The standard InChI is InChI=1S/C20H23N3O2/c24-19(17-6-5-15-3-1-4-16(15)13-17)22-9-2-10-23(12-11-22)20(25)18-7-8-21-14-18/h5-8,13-14,21H,1-4,9-12H2. The monoisotopic (exact) mass is 337 g/mol. The fourth-order valence-corrected chi connectivity index (χ4v) is 3.85. The van der Waals surface area contributed by atoms with E-state index in [1.165, 1.54) is 17.5 Å². The van der Waals surface area contributed by atoms with E-state index in [2.05, 4.69) is 17.1 Å². The lowest BCUT2D eigenvalue weighted by Gasteiger charge is -2.22. The Morgan fingerprint density at radius 3 is 2.24 bits per heavy atom. The maximum atomic E-state index is 12.9. The van der Waals surface area contributed by atoms with Gasteiger partial charge >= 0.3 is 0 Å². The average Bonchev–Trinajstić information content (AvgIpc) is 3.27. The summed E-state index contributed by atoms with van der Waals surface area (Å²) in [5, 5.41) is 0. The highest BCUT2D eigenvalue weighted by atomic mass is 16.2. The van der Waals surface area contributed by atoms with E-state index in [1.54, 1.807) is 18.5 Å². The first-order valence-corrected chi connectivity index (χ1v) is 9.05. The molecule has 2 amide bonds. The number of fused-ring (bicyclic) bond motifs is 1. The zero-order valence-electron chi connectivity index (χ0n) is 14.3. The summed E-state index contributed by atoms with van der Waals surface area (Å²) in [6.45, 7) is 2.57. The number of aromatic nitrogens is 1. The molecule has 0 atom stereocenters. The van der Waals surface area contributed by atoms with Gasteiger partial charge in [-0.05, 0) is 55.0 Å². The quantitative estimate of drug-likeness (QED) is 0.915. The summed E-state index contributed by atoms with van der Waals surface area (Å²) >= 11 is 0. The van der Waals surface area contributed by atoms with Crippen molar-refractivity contribution in [2.75, 3.05) is 26.2 Å². The molecule has 2 aromatic rings. The van der Waals surface area contributed by atoms with Crippen LogP contribution in [0.25, 0.3) is 0 Å². The van der Waals surface area contributed by atoms with Crippen molar-refractivity contribution in [3.63, 3.8) is 0 Å². The fraction of sp³-hybridized carbons (Fsp3) is 0.400. The number of carbonyl (C=O) groups excluding carboxylic acids is 2. The van der Waals surface area contributed by atoms with Gasteiger partial charge in [0.1, 0.15) is 0 Å². The predicted molar refractivity (Wildman–Crippen MR) is 95.7 cm³/mol. The molecule has 1 fully saturated rings. The number of hydrogen-bond donors (Lipinski definition) is 1. The summed E-state index contributed by atoms with van der Waals surface area (Å²) in [6, 6.07) is 7.92. The number of amides is 2. The third-order valence-corrected chi connectivity index (χ3v) is 5.26. The normalized spacial score (nSPS) is 17.3. The molecule has 25 heavy (non-hydrogen) atoms. The van der Waals surface area contributed by atoms with Crippen molar-refractivity contribution in [1.82, 2.24) is 14.8 Å². The smallest absolute Gasteiger partial charge is 0.255 e. The van der Waals surface area contributed by atoms with E-state index in [0.717, 1.165) is 24.8 Å². The van der Waals surface area contributed by atoms with E-state index >= 15 is 0 Å². The summed E-state index contributed by atoms with van der Waals surface area (Å²) < 4.78 is 0. The second kappa shape index (κ2) is 6.75. The molecule has 0 spiro atoms. The zero-order chi connectivity index (χ0) is 17.2. The van der Waals surface area contributed by atoms with Crippen LogP contribution in [0, 0.1) is 0 Å². The summed E-state index contributed by atoms with van der Waals surface area (Å²) in [4.78, 5) is 32.0. The molecule has 4 rings (SSSR count). The summed E-state index contributed by atoms with van der Waals surface area (Å²) in [6.07, 6.45) is 7.69. The Hall–Kier alpha value is -2.56. The fourth-order valence-electron chi connectivity index (χ4n) is 3.85. The van der Waals surface area contributed by atoms with Gasteiger partial charge in [0.2, 0.25) is 0 Å². The third kappa shape index (κ3) is 3.18. The Bertz CT molecular complexity index is 782. The van der Waals surface area contributed by atoms with Crippen LogP contribution in [0.1, 0.15) is 44.7 Å². The minimum absolute atomic E-state index is 0.0353. The second-order valence-electron chi connectivity index (χ2n) is 6.87. The van der Waals surface area contributed by atoms with Crippen LogP contribution < -0.4 is 0 Å². The lowest BCUT2D eigenvalue weighted by atomic mass is 10.1. The van der Waals surface area contributed by atoms with Crippen molar-refractivity contribution in [2.24, 2.45) is 0 Å². The largest absolute Gasteiger partial charge is 0.367 e. The molecule has 1 saturated heterocycles. The van der Waals surface area contributed by atoms with E-state index < -0.39 is 0 Å². The molecule has 0 radical (unpaired) electrons. The van der Waals surface area contributed by atoms with E-state index in [0.29, 0.717) is 31.7 Å². The molecule has 1 aromatic heterocycles. The number of nitrogens with zero attached hydrogens (tertiary/aromatic N) is 2. The molecular formula is C20H23N3O2. The molecular weight excluding hydrogens is 314 g/mol. The number of rotatable bonds is 2. The van der Waals surface area contributed by atoms with E-state index in [1.807, 2.05) is 15.9 Å². The molecule has 1 aliphatic heterocycles. The molecule has 1 N–H and O–H groups in total. The lowest BCUT2D eigenvalue weighted by molar-refractivity contribution is 0.0719. The van der Waals surface area contributed by atoms with Crippen LogP contribution >= 0.6 is 0 Å². The van der Waals surface area contributed by atoms with Crippen LogP contribution in [0.2, 0.25) is 0 Å². The summed E-state index contributed by atoms with van der Waals surface area (Å²) in [5.41, 5.74) is 4.17. The maximum Gasteiger partial charge on any atom is 0.255 e. The van der Waals surface area contributed by atoms with Gasteiger partial charge < -0.3 is 14.8 Å². The van der Waals surface area contributed by atoms with Gasteiger partial charge in [0.15, 0.2) is 0 Å². The van der Waals surface area contributed by atoms with Crippen LogP contribution in [0.4, 0.5) is 0 Å². The molecule has 2 heterocycles. The minimum Gasteiger partial charge on any atom is -0.367 e. The highest BCUT2D eigenvalue weighted by molar-refractivity contribution is 5.95. The highest BCUT2D eigenvalue weighted by Crippen LogP contribution is 2.23. The van der Waals surface area contributed by atoms with Gasteiger partial charge in [-0.3, -0.25) is 9.59 Å². The summed E-state index contributed by atoms with van der Waals surface area (Å²) in [5.74, 6) is 0.124. The number of aromatic amines is 1. The van der Waals surface area contributed by atoms with Gasteiger partial charge in [0.05, 0.1) is 5.56 Å². The van der Waals surface area contributed by atoms with Gasteiger partial charge in [-0.15, -0.1) is 0 Å². The minimum atomic E-state index is 0.0353. The number of hydrogen-bond acceptors (Lipinski definition) is 2. The van der Waals surface area contributed by atoms with Crippen molar-refractivity contribution >= 4 is 11.8 Å². The highest BCUT2D eigenvalue weighted by Gasteiger charge is 2.24. The molecule has 5 nitrogen and oxygen atoms in total. The lowest BCUT2D eigenvalue weighted by Crippen LogP contribution is -2.37. The topological polar surface area (TPSA) is 56.4 Å². The molecule has 5 heteroatoms. The van der Waals surface area contributed by atoms with Gasteiger partial charge in [0, 0.05) is 44.1 Å². The molecule has 0 unspecified atom stereocenters. The van der Waals surface area contributed by atoms with Crippen LogP contribution in [0.5, 0.6) is 0 Å². The van der Waals surface area contributed by atoms with E-state index in [-0.39, 0.29) is 11.8 Å². The second-order valence-corrected chi connectivity index (χ2v) is 6.87. The first-order chi connectivity index (χ1) is 12.2. The van der Waals surface area contributed by atoms with Crippen LogP contribution in [0.3, 0.4) is 0 Å². The molecule has 2 aliphatic rings. The first-order valence-electron chi connectivity index (χ1n) is 9.05. The third-order valence-electron chi connectivity index (χ3n) is 5.26.